The number of fused-ring (bicyclic) bond motifs is 1. The van der Waals surface area contributed by atoms with Gasteiger partial charge < -0.3 is 9.67 Å². The SMILES string of the molecule is Cn1c(C2CC2)c(C(=O)c2cc(F)c(O)c(Cl)c2)c2ccncc21. The Morgan fingerprint density at radius 1 is 1.42 bits per heavy atom. The Bertz CT molecular complexity index is 969. The third-order valence-electron chi connectivity index (χ3n) is 4.52. The van der Waals surface area contributed by atoms with Gasteiger partial charge in [0.15, 0.2) is 17.3 Å². The van der Waals surface area contributed by atoms with Gasteiger partial charge in [-0.25, -0.2) is 4.39 Å². The lowest BCUT2D eigenvalue weighted by molar-refractivity contribution is 0.103. The van der Waals surface area contributed by atoms with Crippen LogP contribution in [-0.2, 0) is 7.05 Å². The van der Waals surface area contributed by atoms with E-state index in [-0.39, 0.29) is 16.4 Å². The van der Waals surface area contributed by atoms with Crippen LogP contribution in [0.1, 0.15) is 40.4 Å². The first-order valence-electron chi connectivity index (χ1n) is 7.64. The molecule has 2 aromatic heterocycles. The molecule has 1 aliphatic carbocycles. The standard InChI is InChI=1S/C18H14ClFN2O2/c1-22-14-8-21-5-4-11(14)15(16(22)9-2-3-9)17(23)10-6-12(19)18(24)13(20)7-10/h4-9,24H,2-3H2,1H3. The summed E-state index contributed by atoms with van der Waals surface area (Å²) >= 11 is 5.83. The maximum Gasteiger partial charge on any atom is 0.195 e. The highest BCUT2D eigenvalue weighted by atomic mass is 35.5. The Morgan fingerprint density at radius 3 is 2.83 bits per heavy atom. The largest absolute Gasteiger partial charge is 0.504 e. The third-order valence-corrected chi connectivity index (χ3v) is 4.81. The van der Waals surface area contributed by atoms with Crippen molar-refractivity contribution in [2.75, 3.05) is 0 Å². The predicted molar refractivity (Wildman–Crippen MR) is 89.2 cm³/mol. The lowest BCUT2D eigenvalue weighted by Gasteiger charge is -2.08. The maximum atomic E-state index is 13.8. The third kappa shape index (κ3) is 2.19. The minimum absolute atomic E-state index is 0.126. The summed E-state index contributed by atoms with van der Waals surface area (Å²) in [6, 6.07) is 4.13. The number of rotatable bonds is 3. The van der Waals surface area contributed by atoms with E-state index in [1.165, 1.54) is 6.07 Å². The molecule has 3 aromatic rings. The van der Waals surface area contributed by atoms with Gasteiger partial charge in [-0.15, -0.1) is 0 Å². The zero-order valence-corrected chi connectivity index (χ0v) is 13.6. The second-order valence-corrected chi connectivity index (χ2v) is 6.51. The molecule has 0 atom stereocenters. The number of ketones is 1. The van der Waals surface area contributed by atoms with E-state index in [1.807, 2.05) is 11.6 Å². The molecular formula is C18H14ClFN2O2. The summed E-state index contributed by atoms with van der Waals surface area (Å²) in [5.74, 6) is -1.51. The van der Waals surface area contributed by atoms with Gasteiger partial charge in [0.25, 0.3) is 0 Å². The van der Waals surface area contributed by atoms with Crippen molar-refractivity contribution in [2.24, 2.45) is 7.05 Å². The molecule has 0 saturated heterocycles. The molecule has 0 unspecified atom stereocenters. The summed E-state index contributed by atoms with van der Waals surface area (Å²) in [7, 11) is 1.92. The second kappa shape index (κ2) is 5.31. The molecule has 122 valence electrons. The van der Waals surface area contributed by atoms with Gasteiger partial charge >= 0.3 is 0 Å². The van der Waals surface area contributed by atoms with Crippen molar-refractivity contribution >= 4 is 28.3 Å². The van der Waals surface area contributed by atoms with E-state index in [2.05, 4.69) is 4.98 Å². The fraction of sp³-hybridized carbons (Fsp3) is 0.222. The fourth-order valence-corrected chi connectivity index (χ4v) is 3.42. The van der Waals surface area contributed by atoms with Crippen LogP contribution in [-0.4, -0.2) is 20.4 Å². The van der Waals surface area contributed by atoms with Crippen molar-refractivity contribution in [3.8, 4) is 5.75 Å². The number of nitrogens with zero attached hydrogens (tertiary/aromatic N) is 2. The van der Waals surface area contributed by atoms with Crippen molar-refractivity contribution < 1.29 is 14.3 Å². The Hall–Kier alpha value is -2.40. The van der Waals surface area contributed by atoms with E-state index < -0.39 is 11.6 Å². The number of hydrogen-bond donors (Lipinski definition) is 1. The highest BCUT2D eigenvalue weighted by Crippen LogP contribution is 2.45. The summed E-state index contributed by atoms with van der Waals surface area (Å²) in [6.07, 6.45) is 5.42. The highest BCUT2D eigenvalue weighted by Gasteiger charge is 2.33. The van der Waals surface area contributed by atoms with Crippen molar-refractivity contribution in [3.05, 3.63) is 58.3 Å². The van der Waals surface area contributed by atoms with Crippen LogP contribution in [0, 0.1) is 5.82 Å². The zero-order chi connectivity index (χ0) is 17.0. The molecule has 0 radical (unpaired) electrons. The first kappa shape index (κ1) is 15.1. The van der Waals surface area contributed by atoms with Gasteiger partial charge in [-0.1, -0.05) is 11.6 Å². The number of pyridine rings is 1. The minimum atomic E-state index is -0.902. The average Bonchev–Trinajstić information content (AvgIpc) is 3.36. The van der Waals surface area contributed by atoms with Crippen molar-refractivity contribution in [2.45, 2.75) is 18.8 Å². The molecule has 24 heavy (non-hydrogen) atoms. The molecule has 1 saturated carbocycles. The fourth-order valence-electron chi connectivity index (χ4n) is 3.21. The molecule has 0 aliphatic heterocycles. The number of phenols is 1. The number of phenolic OH excluding ortho intramolecular Hbond substituents is 1. The van der Waals surface area contributed by atoms with Crippen LogP contribution in [0.15, 0.2) is 30.6 Å². The van der Waals surface area contributed by atoms with E-state index in [9.17, 15) is 14.3 Å². The van der Waals surface area contributed by atoms with Crippen LogP contribution >= 0.6 is 11.6 Å². The van der Waals surface area contributed by atoms with E-state index >= 15 is 0 Å². The Labute approximate surface area is 142 Å². The molecule has 1 aliphatic rings. The second-order valence-electron chi connectivity index (χ2n) is 6.10. The summed E-state index contributed by atoms with van der Waals surface area (Å²) in [6.45, 7) is 0. The van der Waals surface area contributed by atoms with E-state index in [1.54, 1.807) is 18.5 Å². The predicted octanol–water partition coefficient (Wildman–Crippen LogP) is 4.18. The molecule has 2 heterocycles. The van der Waals surface area contributed by atoms with Crippen LogP contribution in [0.4, 0.5) is 4.39 Å². The van der Waals surface area contributed by atoms with E-state index in [4.69, 9.17) is 11.6 Å². The number of aromatic hydroxyl groups is 1. The van der Waals surface area contributed by atoms with Crippen molar-refractivity contribution in [1.29, 1.82) is 0 Å². The number of carbonyl (C=O) groups is 1. The summed E-state index contributed by atoms with van der Waals surface area (Å²) in [5, 5.41) is 10.1. The average molecular weight is 345 g/mol. The summed E-state index contributed by atoms with van der Waals surface area (Å²) in [5.41, 5.74) is 2.51. The monoisotopic (exact) mass is 344 g/mol. The Balaban J connectivity index is 1.96. The minimum Gasteiger partial charge on any atom is -0.504 e. The smallest absolute Gasteiger partial charge is 0.195 e. The van der Waals surface area contributed by atoms with Crippen LogP contribution in [0.5, 0.6) is 5.75 Å². The maximum absolute atomic E-state index is 13.8. The number of carbonyl (C=O) groups excluding carboxylic acids is 1. The molecule has 6 heteroatoms. The number of halogens is 2. The van der Waals surface area contributed by atoms with Gasteiger partial charge in [0, 0.05) is 35.8 Å². The molecule has 0 bridgehead atoms. The molecule has 0 amide bonds. The Kier molecular flexibility index (Phi) is 3.35. The summed E-state index contributed by atoms with van der Waals surface area (Å²) in [4.78, 5) is 17.2. The molecule has 1 N–H and O–H groups in total. The van der Waals surface area contributed by atoms with Gasteiger partial charge in [0.05, 0.1) is 22.3 Å². The topological polar surface area (TPSA) is 55.1 Å². The number of hydrogen-bond acceptors (Lipinski definition) is 3. The van der Waals surface area contributed by atoms with Gasteiger partial charge in [-0.05, 0) is 31.0 Å². The lowest BCUT2D eigenvalue weighted by atomic mass is 9.98. The number of aromatic nitrogens is 2. The number of benzene rings is 1. The van der Waals surface area contributed by atoms with Gasteiger partial charge in [-0.2, -0.15) is 0 Å². The van der Waals surface area contributed by atoms with Crippen LogP contribution in [0.25, 0.3) is 10.9 Å². The molecule has 1 fully saturated rings. The van der Waals surface area contributed by atoms with Crippen LogP contribution < -0.4 is 0 Å². The summed E-state index contributed by atoms with van der Waals surface area (Å²) < 4.78 is 15.8. The molecule has 4 rings (SSSR count). The van der Waals surface area contributed by atoms with Crippen LogP contribution in [0.2, 0.25) is 5.02 Å². The molecule has 1 aromatic carbocycles. The molecule has 4 nitrogen and oxygen atoms in total. The normalized spacial score (nSPS) is 14.3. The number of aryl methyl sites for hydroxylation is 1. The first-order chi connectivity index (χ1) is 11.5. The van der Waals surface area contributed by atoms with Crippen LogP contribution in [0.3, 0.4) is 0 Å². The molecule has 0 spiro atoms. The van der Waals surface area contributed by atoms with Gasteiger partial charge in [0.1, 0.15) is 0 Å². The van der Waals surface area contributed by atoms with Gasteiger partial charge in [-0.3, -0.25) is 9.78 Å². The van der Waals surface area contributed by atoms with Crippen molar-refractivity contribution in [1.82, 2.24) is 9.55 Å². The Morgan fingerprint density at radius 2 is 2.17 bits per heavy atom. The highest BCUT2D eigenvalue weighted by molar-refractivity contribution is 6.32. The molecular weight excluding hydrogens is 331 g/mol. The van der Waals surface area contributed by atoms with E-state index in [0.717, 1.165) is 35.5 Å². The lowest BCUT2D eigenvalue weighted by Crippen LogP contribution is -2.06. The van der Waals surface area contributed by atoms with E-state index in [0.29, 0.717) is 11.5 Å². The van der Waals surface area contributed by atoms with Crippen molar-refractivity contribution in [3.63, 3.8) is 0 Å². The zero-order valence-electron chi connectivity index (χ0n) is 12.9. The quantitative estimate of drug-likeness (QED) is 0.725. The first-order valence-corrected chi connectivity index (χ1v) is 8.02. The van der Waals surface area contributed by atoms with Gasteiger partial charge in [0.2, 0.25) is 0 Å².